The van der Waals surface area contributed by atoms with Gasteiger partial charge in [0.15, 0.2) is 0 Å². The lowest BCUT2D eigenvalue weighted by Crippen LogP contribution is -2.58. The summed E-state index contributed by atoms with van der Waals surface area (Å²) in [4.78, 5) is 14.5. The first-order chi connectivity index (χ1) is 9.53. The van der Waals surface area contributed by atoms with Crippen LogP contribution in [-0.2, 0) is 9.53 Å². The lowest BCUT2D eigenvalue weighted by atomic mass is 9.75. The fraction of sp³-hybridized carbons (Fsp3) is 0.933. The zero-order chi connectivity index (χ0) is 14.6. The molecule has 0 aromatic heterocycles. The quantitative estimate of drug-likeness (QED) is 0.801. The summed E-state index contributed by atoms with van der Waals surface area (Å²) in [6.07, 6.45) is 4.88. The van der Waals surface area contributed by atoms with Crippen molar-refractivity contribution < 1.29 is 9.53 Å². The molecule has 1 saturated carbocycles. The summed E-state index contributed by atoms with van der Waals surface area (Å²) in [5.41, 5.74) is 0.114. The van der Waals surface area contributed by atoms with Gasteiger partial charge in [0.05, 0.1) is 13.2 Å². The Hall–Kier alpha value is -0.0700. The van der Waals surface area contributed by atoms with E-state index in [9.17, 15) is 4.79 Å². The predicted octanol–water partition coefficient (Wildman–Crippen LogP) is 1.45. The average Bonchev–Trinajstić information content (AvgIpc) is 2.45. The number of hydrogen-bond acceptors (Lipinski definition) is 4. The van der Waals surface area contributed by atoms with E-state index in [1.54, 1.807) is 0 Å². The summed E-state index contributed by atoms with van der Waals surface area (Å²) in [7, 11) is 4.26. The number of nitrogens with one attached hydrogen (secondary N) is 2. The number of morpholine rings is 1. The number of carbonyl (C=O) groups excluding carboxylic acids is 1. The van der Waals surface area contributed by atoms with E-state index in [0.717, 1.165) is 25.4 Å². The van der Waals surface area contributed by atoms with Crippen molar-refractivity contribution in [3.8, 4) is 0 Å². The number of hydrogen-bond donors (Lipinski definition) is 2. The van der Waals surface area contributed by atoms with E-state index in [2.05, 4.69) is 36.6 Å². The lowest BCUT2D eigenvalue weighted by molar-refractivity contribution is -0.126. The monoisotopic (exact) mass is 355 g/mol. The molecule has 3 atom stereocenters. The molecule has 1 aliphatic carbocycles. The highest BCUT2D eigenvalue weighted by Gasteiger charge is 2.37. The van der Waals surface area contributed by atoms with Crippen LogP contribution in [0.2, 0.25) is 0 Å². The molecule has 0 radical (unpaired) electrons. The molecule has 2 N–H and O–H groups in total. The number of nitrogens with zero attached hydrogens (tertiary/aromatic N) is 1. The Morgan fingerprint density at radius 2 is 2.14 bits per heavy atom. The maximum Gasteiger partial charge on any atom is 0.239 e. The van der Waals surface area contributed by atoms with Crippen molar-refractivity contribution in [2.75, 3.05) is 40.4 Å². The van der Waals surface area contributed by atoms with Gasteiger partial charge in [0.1, 0.15) is 6.04 Å². The maximum atomic E-state index is 12.2. The summed E-state index contributed by atoms with van der Waals surface area (Å²) in [5, 5.41) is 6.35. The van der Waals surface area contributed by atoms with E-state index >= 15 is 0 Å². The highest BCUT2D eigenvalue weighted by Crippen LogP contribution is 2.35. The predicted molar refractivity (Wildman–Crippen MR) is 94.2 cm³/mol. The molecule has 2 aliphatic rings. The summed E-state index contributed by atoms with van der Waals surface area (Å²) in [6.45, 7) is 4.99. The molecule has 0 aromatic carbocycles. The first kappa shape index (κ1) is 21.9. The van der Waals surface area contributed by atoms with Gasteiger partial charge in [0, 0.05) is 18.6 Å². The topological polar surface area (TPSA) is 53.6 Å². The molecular formula is C15H31Cl2N3O2. The summed E-state index contributed by atoms with van der Waals surface area (Å²) in [5.74, 6) is 0.809. The second kappa shape index (κ2) is 9.93. The first-order valence-electron chi connectivity index (χ1n) is 7.80. The molecule has 0 aromatic rings. The van der Waals surface area contributed by atoms with Gasteiger partial charge in [0.25, 0.3) is 0 Å². The Morgan fingerprint density at radius 3 is 2.68 bits per heavy atom. The number of likely N-dealkylation sites (N-methyl/N-ethyl adjacent to an activating group) is 1. The van der Waals surface area contributed by atoms with Crippen LogP contribution in [0.15, 0.2) is 0 Å². The lowest BCUT2D eigenvalue weighted by Gasteiger charge is -2.45. The minimum atomic E-state index is -0.191. The van der Waals surface area contributed by atoms with Crippen LogP contribution in [0.3, 0.4) is 0 Å². The zero-order valence-corrected chi connectivity index (χ0v) is 15.5. The van der Waals surface area contributed by atoms with Crippen LogP contribution in [-0.4, -0.2) is 62.8 Å². The van der Waals surface area contributed by atoms with Crippen molar-refractivity contribution in [3.05, 3.63) is 0 Å². The van der Waals surface area contributed by atoms with Crippen LogP contribution in [0.4, 0.5) is 0 Å². The van der Waals surface area contributed by atoms with Crippen LogP contribution >= 0.6 is 24.8 Å². The molecule has 22 heavy (non-hydrogen) atoms. The third kappa shape index (κ3) is 5.53. The average molecular weight is 356 g/mol. The molecule has 132 valence electrons. The smallest absolute Gasteiger partial charge is 0.239 e. The van der Waals surface area contributed by atoms with Crippen molar-refractivity contribution in [1.29, 1.82) is 0 Å². The largest absolute Gasteiger partial charge is 0.378 e. The fourth-order valence-electron chi connectivity index (χ4n) is 3.47. The molecule has 2 rings (SSSR count). The first-order valence-corrected chi connectivity index (χ1v) is 7.80. The Bertz CT molecular complexity index is 339. The Kier molecular flexibility index (Phi) is 9.90. The van der Waals surface area contributed by atoms with E-state index < -0.39 is 0 Å². The van der Waals surface area contributed by atoms with Gasteiger partial charge in [-0.2, -0.15) is 0 Å². The molecule has 0 bridgehead atoms. The van der Waals surface area contributed by atoms with Gasteiger partial charge in [0.2, 0.25) is 5.91 Å². The van der Waals surface area contributed by atoms with Crippen molar-refractivity contribution in [1.82, 2.24) is 15.5 Å². The van der Waals surface area contributed by atoms with Gasteiger partial charge in [-0.3, -0.25) is 4.79 Å². The maximum absolute atomic E-state index is 12.2. The second-order valence-electron chi connectivity index (χ2n) is 6.62. The van der Waals surface area contributed by atoms with E-state index in [-0.39, 0.29) is 42.3 Å². The highest BCUT2D eigenvalue weighted by molar-refractivity contribution is 5.85. The van der Waals surface area contributed by atoms with Crippen molar-refractivity contribution in [3.63, 3.8) is 0 Å². The number of halogens is 2. The molecule has 0 spiro atoms. The standard InChI is InChI=1S/C15H29N3O2.2ClH/c1-12-5-4-6-15(9-12,18(2)3)11-17-14(19)13-10-20-8-7-16-13;;/h12-13,16H,4-11H2,1-3H3,(H,17,19);2*1H. The van der Waals surface area contributed by atoms with E-state index in [0.29, 0.717) is 13.2 Å². The molecule has 1 amide bonds. The minimum absolute atomic E-state index is 0. The Balaban J connectivity index is 0.00000220. The summed E-state index contributed by atoms with van der Waals surface area (Å²) < 4.78 is 5.35. The summed E-state index contributed by atoms with van der Waals surface area (Å²) in [6, 6.07) is -0.191. The van der Waals surface area contributed by atoms with E-state index in [4.69, 9.17) is 4.74 Å². The zero-order valence-electron chi connectivity index (χ0n) is 13.9. The second-order valence-corrected chi connectivity index (χ2v) is 6.62. The molecule has 1 aliphatic heterocycles. The van der Waals surface area contributed by atoms with Crippen LogP contribution in [0.5, 0.6) is 0 Å². The third-order valence-electron chi connectivity index (χ3n) is 4.85. The Morgan fingerprint density at radius 1 is 1.41 bits per heavy atom. The molecule has 2 fully saturated rings. The van der Waals surface area contributed by atoms with Crippen molar-refractivity contribution in [2.45, 2.75) is 44.2 Å². The highest BCUT2D eigenvalue weighted by atomic mass is 35.5. The van der Waals surface area contributed by atoms with Gasteiger partial charge in [-0.15, -0.1) is 24.8 Å². The van der Waals surface area contributed by atoms with Gasteiger partial charge in [-0.05, 0) is 32.9 Å². The van der Waals surface area contributed by atoms with E-state index in [1.165, 1.54) is 19.3 Å². The van der Waals surface area contributed by atoms with Crippen molar-refractivity contribution in [2.24, 2.45) is 5.92 Å². The van der Waals surface area contributed by atoms with Crippen LogP contribution in [0, 0.1) is 5.92 Å². The SMILES string of the molecule is CC1CCCC(CNC(=O)C2COCCN2)(N(C)C)C1.Cl.Cl. The van der Waals surface area contributed by atoms with Gasteiger partial charge >= 0.3 is 0 Å². The molecule has 7 heteroatoms. The Labute approximate surface area is 146 Å². The summed E-state index contributed by atoms with van der Waals surface area (Å²) >= 11 is 0. The minimum Gasteiger partial charge on any atom is -0.378 e. The number of amides is 1. The normalized spacial score (nSPS) is 31.8. The number of ether oxygens (including phenoxy) is 1. The fourth-order valence-corrected chi connectivity index (χ4v) is 3.47. The van der Waals surface area contributed by atoms with Crippen LogP contribution in [0.1, 0.15) is 32.6 Å². The molecule has 5 nitrogen and oxygen atoms in total. The molecule has 3 unspecified atom stereocenters. The van der Waals surface area contributed by atoms with Crippen LogP contribution in [0.25, 0.3) is 0 Å². The van der Waals surface area contributed by atoms with Gasteiger partial charge in [-0.25, -0.2) is 0 Å². The number of carbonyl (C=O) groups is 1. The molecular weight excluding hydrogens is 325 g/mol. The number of rotatable bonds is 4. The van der Waals surface area contributed by atoms with Crippen LogP contribution < -0.4 is 10.6 Å². The van der Waals surface area contributed by atoms with Crippen molar-refractivity contribution >= 4 is 30.7 Å². The van der Waals surface area contributed by atoms with Gasteiger partial charge in [-0.1, -0.05) is 19.8 Å². The molecule has 1 heterocycles. The third-order valence-corrected chi connectivity index (χ3v) is 4.85. The van der Waals surface area contributed by atoms with E-state index in [1.807, 2.05) is 0 Å². The van der Waals surface area contributed by atoms with Gasteiger partial charge < -0.3 is 20.3 Å². The molecule has 1 saturated heterocycles.